The molecule has 12 heavy (non-hydrogen) atoms. The molecule has 1 aliphatic carbocycles. The number of terminal acetylenes is 1. The molecule has 1 aliphatic rings. The average molecular weight is 165 g/mol. The Balaban J connectivity index is 1.87. The molecule has 1 saturated carbocycles. The molecule has 1 rings (SSSR count). The predicted molar refractivity (Wildman–Crippen MR) is 52.9 cm³/mol. The zero-order chi connectivity index (χ0) is 8.81. The van der Waals surface area contributed by atoms with Crippen LogP contribution in [-0.2, 0) is 0 Å². The van der Waals surface area contributed by atoms with Gasteiger partial charge in [0.1, 0.15) is 0 Å². The first kappa shape index (κ1) is 9.61. The zero-order valence-electron chi connectivity index (χ0n) is 7.97. The first-order valence-electron chi connectivity index (χ1n) is 4.99. The summed E-state index contributed by atoms with van der Waals surface area (Å²) < 4.78 is 0. The molecule has 1 N–H and O–H groups in total. The summed E-state index contributed by atoms with van der Waals surface area (Å²) in [5.74, 6) is 3.68. The summed E-state index contributed by atoms with van der Waals surface area (Å²) in [5, 5.41) is 3.49. The molecule has 1 atom stereocenters. The molecule has 1 nitrogen and oxygen atoms in total. The summed E-state index contributed by atoms with van der Waals surface area (Å²) >= 11 is 0. The minimum atomic E-state index is 0.690. The van der Waals surface area contributed by atoms with Crippen molar-refractivity contribution in [3.8, 4) is 12.3 Å². The van der Waals surface area contributed by atoms with Crippen molar-refractivity contribution < 1.29 is 0 Å². The number of unbranched alkanes of at least 4 members (excludes halogenated alkanes) is 1. The van der Waals surface area contributed by atoms with Crippen LogP contribution in [0.5, 0.6) is 0 Å². The highest BCUT2D eigenvalue weighted by molar-refractivity contribution is 4.83. The van der Waals surface area contributed by atoms with Gasteiger partial charge in [-0.2, -0.15) is 0 Å². The molecule has 0 aliphatic heterocycles. The molecule has 0 aromatic carbocycles. The van der Waals surface area contributed by atoms with Gasteiger partial charge in [0, 0.05) is 12.5 Å². The van der Waals surface area contributed by atoms with Crippen molar-refractivity contribution >= 4 is 0 Å². The van der Waals surface area contributed by atoms with Gasteiger partial charge < -0.3 is 5.32 Å². The zero-order valence-corrected chi connectivity index (χ0v) is 7.97. The molecule has 1 fully saturated rings. The molecule has 0 radical (unpaired) electrons. The van der Waals surface area contributed by atoms with Gasteiger partial charge in [0.2, 0.25) is 0 Å². The molecular formula is C11H19N. The Kier molecular flexibility index (Phi) is 4.18. The van der Waals surface area contributed by atoms with Crippen molar-refractivity contribution in [2.75, 3.05) is 6.54 Å². The SMILES string of the molecule is C#CCCCNC(C)CC1CC1. The lowest BCUT2D eigenvalue weighted by atomic mass is 10.1. The van der Waals surface area contributed by atoms with E-state index in [0.29, 0.717) is 6.04 Å². The van der Waals surface area contributed by atoms with Crippen LogP contribution in [0.1, 0.15) is 39.0 Å². The summed E-state index contributed by atoms with van der Waals surface area (Å²) in [6.07, 6.45) is 11.4. The van der Waals surface area contributed by atoms with E-state index in [9.17, 15) is 0 Å². The van der Waals surface area contributed by atoms with Crippen molar-refractivity contribution in [3.05, 3.63) is 0 Å². The number of hydrogen-bond donors (Lipinski definition) is 1. The van der Waals surface area contributed by atoms with E-state index >= 15 is 0 Å². The standard InChI is InChI=1S/C11H19N/c1-3-4-5-8-12-10(2)9-11-6-7-11/h1,10-12H,4-9H2,2H3. The maximum absolute atomic E-state index is 5.16. The van der Waals surface area contributed by atoms with Crippen LogP contribution in [0.2, 0.25) is 0 Å². The van der Waals surface area contributed by atoms with E-state index in [4.69, 9.17) is 6.42 Å². The van der Waals surface area contributed by atoms with Crippen molar-refractivity contribution in [2.24, 2.45) is 5.92 Å². The third-order valence-electron chi connectivity index (χ3n) is 2.37. The number of rotatable bonds is 6. The van der Waals surface area contributed by atoms with Crippen LogP contribution in [0.15, 0.2) is 0 Å². The van der Waals surface area contributed by atoms with E-state index < -0.39 is 0 Å². The molecule has 0 amide bonds. The summed E-state index contributed by atoms with van der Waals surface area (Å²) in [6.45, 7) is 3.35. The molecule has 0 heterocycles. The Morgan fingerprint density at radius 1 is 1.58 bits per heavy atom. The highest BCUT2D eigenvalue weighted by Gasteiger charge is 2.22. The van der Waals surface area contributed by atoms with E-state index in [1.165, 1.54) is 19.3 Å². The first-order chi connectivity index (χ1) is 5.83. The summed E-state index contributed by atoms with van der Waals surface area (Å²) in [6, 6.07) is 0.690. The van der Waals surface area contributed by atoms with Crippen LogP contribution in [0.25, 0.3) is 0 Å². The van der Waals surface area contributed by atoms with Gasteiger partial charge in [0.05, 0.1) is 0 Å². The van der Waals surface area contributed by atoms with E-state index in [-0.39, 0.29) is 0 Å². The van der Waals surface area contributed by atoms with Gasteiger partial charge in [-0.3, -0.25) is 0 Å². The topological polar surface area (TPSA) is 12.0 Å². The summed E-state index contributed by atoms with van der Waals surface area (Å²) in [4.78, 5) is 0. The molecule has 0 spiro atoms. The highest BCUT2D eigenvalue weighted by Crippen LogP contribution is 2.33. The van der Waals surface area contributed by atoms with Gasteiger partial charge in [0.15, 0.2) is 0 Å². The lowest BCUT2D eigenvalue weighted by Gasteiger charge is -2.11. The first-order valence-corrected chi connectivity index (χ1v) is 4.99. The molecule has 0 saturated heterocycles. The third-order valence-corrected chi connectivity index (χ3v) is 2.37. The van der Waals surface area contributed by atoms with E-state index in [2.05, 4.69) is 18.2 Å². The molecule has 68 valence electrons. The van der Waals surface area contributed by atoms with Gasteiger partial charge in [-0.15, -0.1) is 12.3 Å². The van der Waals surface area contributed by atoms with Crippen LogP contribution in [0.4, 0.5) is 0 Å². The van der Waals surface area contributed by atoms with Crippen LogP contribution in [-0.4, -0.2) is 12.6 Å². The Labute approximate surface area is 75.9 Å². The molecule has 1 heteroatoms. The Morgan fingerprint density at radius 2 is 2.33 bits per heavy atom. The minimum Gasteiger partial charge on any atom is -0.314 e. The fourth-order valence-electron chi connectivity index (χ4n) is 1.48. The molecule has 0 aromatic heterocycles. The summed E-state index contributed by atoms with van der Waals surface area (Å²) in [5.41, 5.74) is 0. The second-order valence-corrected chi connectivity index (χ2v) is 3.84. The molecule has 0 bridgehead atoms. The lowest BCUT2D eigenvalue weighted by Crippen LogP contribution is -2.27. The van der Waals surface area contributed by atoms with Crippen LogP contribution >= 0.6 is 0 Å². The fourth-order valence-corrected chi connectivity index (χ4v) is 1.48. The van der Waals surface area contributed by atoms with E-state index in [0.717, 1.165) is 25.3 Å². The van der Waals surface area contributed by atoms with Crippen molar-refractivity contribution in [1.82, 2.24) is 5.32 Å². The van der Waals surface area contributed by atoms with E-state index in [1.807, 2.05) is 0 Å². The van der Waals surface area contributed by atoms with Crippen LogP contribution in [0.3, 0.4) is 0 Å². The molecule has 0 aromatic rings. The van der Waals surface area contributed by atoms with Gasteiger partial charge >= 0.3 is 0 Å². The third kappa shape index (κ3) is 4.41. The van der Waals surface area contributed by atoms with Gasteiger partial charge in [-0.1, -0.05) is 12.8 Å². The lowest BCUT2D eigenvalue weighted by molar-refractivity contribution is 0.484. The Morgan fingerprint density at radius 3 is 2.92 bits per heavy atom. The molecule has 1 unspecified atom stereocenters. The number of hydrogen-bond acceptors (Lipinski definition) is 1. The second kappa shape index (κ2) is 5.22. The second-order valence-electron chi connectivity index (χ2n) is 3.84. The minimum absolute atomic E-state index is 0.690. The van der Waals surface area contributed by atoms with Crippen molar-refractivity contribution in [1.29, 1.82) is 0 Å². The predicted octanol–water partition coefficient (Wildman–Crippen LogP) is 2.18. The van der Waals surface area contributed by atoms with Crippen LogP contribution < -0.4 is 5.32 Å². The van der Waals surface area contributed by atoms with Gasteiger partial charge in [0.25, 0.3) is 0 Å². The smallest absolute Gasteiger partial charge is 0.00981 e. The van der Waals surface area contributed by atoms with E-state index in [1.54, 1.807) is 0 Å². The quantitative estimate of drug-likeness (QED) is 0.470. The van der Waals surface area contributed by atoms with Crippen molar-refractivity contribution in [3.63, 3.8) is 0 Å². The highest BCUT2D eigenvalue weighted by atomic mass is 14.9. The van der Waals surface area contributed by atoms with Crippen LogP contribution in [0, 0.1) is 18.3 Å². The van der Waals surface area contributed by atoms with Crippen molar-refractivity contribution in [2.45, 2.75) is 45.1 Å². The monoisotopic (exact) mass is 165 g/mol. The number of nitrogens with one attached hydrogen (secondary N) is 1. The normalized spacial score (nSPS) is 18.7. The maximum Gasteiger partial charge on any atom is 0.00981 e. The fraction of sp³-hybridized carbons (Fsp3) is 0.818. The van der Waals surface area contributed by atoms with Gasteiger partial charge in [-0.05, 0) is 32.2 Å². The van der Waals surface area contributed by atoms with Gasteiger partial charge in [-0.25, -0.2) is 0 Å². The Hall–Kier alpha value is -0.480. The Bertz CT molecular complexity index is 153. The summed E-state index contributed by atoms with van der Waals surface area (Å²) in [7, 11) is 0. The largest absolute Gasteiger partial charge is 0.314 e. The average Bonchev–Trinajstić information content (AvgIpc) is 2.82. The maximum atomic E-state index is 5.16. The molecular weight excluding hydrogens is 146 g/mol.